The molecule has 1 heterocycles. The lowest BCUT2D eigenvalue weighted by Crippen LogP contribution is -2.23. The molecule has 0 spiro atoms. The molecule has 0 saturated carbocycles. The number of hydrogen-bond donors (Lipinski definition) is 1. The average molecular weight is 285 g/mol. The Hall–Kier alpha value is -2.56. The summed E-state index contributed by atoms with van der Waals surface area (Å²) in [5.41, 5.74) is 1.86. The van der Waals surface area contributed by atoms with Crippen molar-refractivity contribution in [3.63, 3.8) is 0 Å². The predicted molar refractivity (Wildman–Crippen MR) is 81.7 cm³/mol. The molecular formula is C16H19N3O2. The number of hydrogen-bond acceptors (Lipinski definition) is 3. The lowest BCUT2D eigenvalue weighted by Gasteiger charge is -2.13. The number of carbonyl (C=O) groups is 1. The van der Waals surface area contributed by atoms with Crippen LogP contribution in [0.4, 0.5) is 0 Å². The number of nitrogens with zero attached hydrogens (tertiary/aromatic N) is 2. The number of aromatic amines is 1. The molecule has 0 unspecified atom stereocenters. The second-order valence-electron chi connectivity index (χ2n) is 4.61. The van der Waals surface area contributed by atoms with Gasteiger partial charge in [-0.3, -0.25) is 9.89 Å². The molecule has 0 saturated heterocycles. The summed E-state index contributed by atoms with van der Waals surface area (Å²) in [6, 6.07) is 7.64. The van der Waals surface area contributed by atoms with E-state index in [4.69, 9.17) is 4.74 Å². The van der Waals surface area contributed by atoms with Gasteiger partial charge in [-0.25, -0.2) is 0 Å². The molecule has 0 bridgehead atoms. The number of benzene rings is 1. The fourth-order valence-electron chi connectivity index (χ4n) is 1.91. The van der Waals surface area contributed by atoms with Crippen LogP contribution in [-0.2, 0) is 11.3 Å². The number of carbonyl (C=O) groups excluding carboxylic acids is 1. The molecule has 0 radical (unpaired) electrons. The summed E-state index contributed by atoms with van der Waals surface area (Å²) in [5, 5.41) is 6.59. The summed E-state index contributed by atoms with van der Waals surface area (Å²) >= 11 is 0. The van der Waals surface area contributed by atoms with Gasteiger partial charge < -0.3 is 9.64 Å². The summed E-state index contributed by atoms with van der Waals surface area (Å²) in [5.74, 6) is 0.712. The van der Waals surface area contributed by atoms with Crippen molar-refractivity contribution in [1.82, 2.24) is 15.1 Å². The van der Waals surface area contributed by atoms with Crippen LogP contribution in [0.15, 0.2) is 42.7 Å². The topological polar surface area (TPSA) is 58.2 Å². The van der Waals surface area contributed by atoms with Crippen molar-refractivity contribution >= 4 is 12.0 Å². The van der Waals surface area contributed by atoms with Crippen LogP contribution in [0, 0.1) is 0 Å². The second-order valence-corrected chi connectivity index (χ2v) is 4.61. The third kappa shape index (κ3) is 4.21. The number of rotatable bonds is 6. The smallest absolute Gasteiger partial charge is 0.246 e. The first kappa shape index (κ1) is 14.8. The minimum atomic E-state index is -0.0671. The van der Waals surface area contributed by atoms with E-state index in [0.717, 1.165) is 16.9 Å². The van der Waals surface area contributed by atoms with Crippen molar-refractivity contribution in [1.29, 1.82) is 0 Å². The number of ether oxygens (including phenoxy) is 1. The Morgan fingerprint density at radius 1 is 1.43 bits per heavy atom. The van der Waals surface area contributed by atoms with Crippen molar-refractivity contribution in [3.8, 4) is 5.75 Å². The van der Waals surface area contributed by atoms with Gasteiger partial charge in [0.1, 0.15) is 5.75 Å². The number of amides is 1. The van der Waals surface area contributed by atoms with Gasteiger partial charge in [0, 0.05) is 37.0 Å². The van der Waals surface area contributed by atoms with E-state index < -0.39 is 0 Å². The van der Waals surface area contributed by atoms with Gasteiger partial charge in [0.2, 0.25) is 5.91 Å². The number of aromatic nitrogens is 2. The molecule has 0 aliphatic carbocycles. The lowest BCUT2D eigenvalue weighted by molar-refractivity contribution is -0.125. The maximum absolute atomic E-state index is 12.1. The van der Waals surface area contributed by atoms with Crippen molar-refractivity contribution < 1.29 is 9.53 Å². The monoisotopic (exact) mass is 285 g/mol. The first-order valence-corrected chi connectivity index (χ1v) is 6.83. The molecule has 0 atom stereocenters. The number of H-pyrrole nitrogens is 1. The van der Waals surface area contributed by atoms with Crippen molar-refractivity contribution in [2.75, 3.05) is 13.7 Å². The Labute approximate surface area is 124 Å². The van der Waals surface area contributed by atoms with Crippen LogP contribution >= 0.6 is 0 Å². The van der Waals surface area contributed by atoms with Gasteiger partial charge in [0.05, 0.1) is 12.8 Å². The normalized spacial score (nSPS) is 10.8. The highest BCUT2D eigenvalue weighted by molar-refractivity contribution is 5.91. The van der Waals surface area contributed by atoms with E-state index in [1.54, 1.807) is 36.5 Å². The van der Waals surface area contributed by atoms with Crippen molar-refractivity contribution in [2.24, 2.45) is 0 Å². The van der Waals surface area contributed by atoms with E-state index in [-0.39, 0.29) is 5.91 Å². The highest BCUT2D eigenvalue weighted by Gasteiger charge is 2.07. The molecule has 21 heavy (non-hydrogen) atoms. The summed E-state index contributed by atoms with van der Waals surface area (Å²) in [7, 11) is 1.76. The van der Waals surface area contributed by atoms with Crippen LogP contribution in [0.2, 0.25) is 0 Å². The zero-order valence-electron chi connectivity index (χ0n) is 12.2. The van der Waals surface area contributed by atoms with Crippen molar-refractivity contribution in [2.45, 2.75) is 13.5 Å². The quantitative estimate of drug-likeness (QED) is 0.830. The molecule has 1 aromatic carbocycles. The standard InChI is InChI=1S/C16H19N3O2/c1-3-21-15-7-5-4-6-14(15)8-9-16(20)19(2)12-13-10-17-18-11-13/h4-11H,3,12H2,1-2H3,(H,17,18). The summed E-state index contributed by atoms with van der Waals surface area (Å²) < 4.78 is 5.53. The van der Waals surface area contributed by atoms with Gasteiger partial charge in [-0.2, -0.15) is 5.10 Å². The Morgan fingerprint density at radius 3 is 2.95 bits per heavy atom. The van der Waals surface area contributed by atoms with E-state index in [0.29, 0.717) is 13.2 Å². The first-order chi connectivity index (χ1) is 10.2. The second kappa shape index (κ2) is 7.28. The summed E-state index contributed by atoms with van der Waals surface area (Å²) in [6.45, 7) is 3.05. The highest BCUT2D eigenvalue weighted by atomic mass is 16.5. The summed E-state index contributed by atoms with van der Waals surface area (Å²) in [4.78, 5) is 13.7. The molecule has 1 aromatic heterocycles. The third-order valence-electron chi connectivity index (χ3n) is 2.98. The molecule has 0 aliphatic heterocycles. The fourth-order valence-corrected chi connectivity index (χ4v) is 1.91. The van der Waals surface area contributed by atoms with Crippen LogP contribution in [-0.4, -0.2) is 34.7 Å². The molecule has 5 heteroatoms. The molecule has 0 aliphatic rings. The molecule has 2 rings (SSSR count). The molecule has 2 aromatic rings. The van der Waals surface area contributed by atoms with E-state index in [1.165, 1.54) is 0 Å². The zero-order valence-corrected chi connectivity index (χ0v) is 12.2. The van der Waals surface area contributed by atoms with E-state index in [1.807, 2.05) is 31.2 Å². The minimum Gasteiger partial charge on any atom is -0.493 e. The van der Waals surface area contributed by atoms with Gasteiger partial charge in [0.25, 0.3) is 0 Å². The Balaban J connectivity index is 2.01. The van der Waals surface area contributed by atoms with Gasteiger partial charge in [-0.1, -0.05) is 18.2 Å². The SMILES string of the molecule is CCOc1ccccc1C=CC(=O)N(C)Cc1cn[nH]c1. The van der Waals surface area contributed by atoms with Gasteiger partial charge in [-0.05, 0) is 19.1 Å². The summed E-state index contributed by atoms with van der Waals surface area (Å²) in [6.07, 6.45) is 6.81. The molecule has 110 valence electrons. The molecular weight excluding hydrogens is 266 g/mol. The van der Waals surface area contributed by atoms with Crippen LogP contribution in [0.3, 0.4) is 0 Å². The molecule has 5 nitrogen and oxygen atoms in total. The minimum absolute atomic E-state index is 0.0671. The van der Waals surface area contributed by atoms with Crippen LogP contribution in [0.5, 0.6) is 5.75 Å². The molecule has 1 N–H and O–H groups in total. The zero-order chi connectivity index (χ0) is 15.1. The van der Waals surface area contributed by atoms with Crippen LogP contribution < -0.4 is 4.74 Å². The van der Waals surface area contributed by atoms with Gasteiger partial charge in [-0.15, -0.1) is 0 Å². The van der Waals surface area contributed by atoms with Crippen LogP contribution in [0.1, 0.15) is 18.1 Å². The van der Waals surface area contributed by atoms with Crippen LogP contribution in [0.25, 0.3) is 6.08 Å². The number of nitrogens with one attached hydrogen (secondary N) is 1. The maximum atomic E-state index is 12.1. The predicted octanol–water partition coefficient (Wildman–Crippen LogP) is 2.48. The van der Waals surface area contributed by atoms with E-state index in [9.17, 15) is 4.79 Å². The Morgan fingerprint density at radius 2 is 2.24 bits per heavy atom. The maximum Gasteiger partial charge on any atom is 0.246 e. The average Bonchev–Trinajstić information content (AvgIpc) is 2.99. The Kier molecular flexibility index (Phi) is 5.15. The third-order valence-corrected chi connectivity index (χ3v) is 2.98. The van der Waals surface area contributed by atoms with Gasteiger partial charge >= 0.3 is 0 Å². The van der Waals surface area contributed by atoms with Crippen molar-refractivity contribution in [3.05, 3.63) is 53.9 Å². The lowest BCUT2D eigenvalue weighted by atomic mass is 10.2. The highest BCUT2D eigenvalue weighted by Crippen LogP contribution is 2.19. The fraction of sp³-hybridized carbons (Fsp3) is 0.250. The number of para-hydroxylation sites is 1. The van der Waals surface area contributed by atoms with Gasteiger partial charge in [0.15, 0.2) is 0 Å². The molecule has 0 fully saturated rings. The van der Waals surface area contributed by atoms with E-state index in [2.05, 4.69) is 10.2 Å². The number of likely N-dealkylation sites (N-methyl/N-ethyl adjacent to an activating group) is 1. The van der Waals surface area contributed by atoms with E-state index >= 15 is 0 Å². The first-order valence-electron chi connectivity index (χ1n) is 6.83. The molecule has 1 amide bonds. The Bertz CT molecular complexity index is 606. The largest absolute Gasteiger partial charge is 0.493 e.